The Kier molecular flexibility index (Phi) is 6.75. The largest absolute Gasteiger partial charge is 0.482 e. The van der Waals surface area contributed by atoms with Crippen molar-refractivity contribution in [2.24, 2.45) is 0 Å². The van der Waals surface area contributed by atoms with E-state index in [9.17, 15) is 14.4 Å². The molecule has 0 saturated heterocycles. The lowest BCUT2D eigenvalue weighted by molar-refractivity contribution is -0.144. The molecule has 5 heteroatoms. The molecule has 0 bridgehead atoms. The third-order valence-corrected chi connectivity index (χ3v) is 4.56. The smallest absolute Gasteiger partial charge is 0.344 e. The van der Waals surface area contributed by atoms with Crippen molar-refractivity contribution in [3.05, 3.63) is 101 Å². The van der Waals surface area contributed by atoms with Gasteiger partial charge in [-0.2, -0.15) is 0 Å². The molecule has 0 aliphatic heterocycles. The Hall–Kier alpha value is -3.73. The maximum absolute atomic E-state index is 12.4. The molecule has 0 unspecified atom stereocenters. The van der Waals surface area contributed by atoms with E-state index in [1.807, 2.05) is 32.0 Å². The van der Waals surface area contributed by atoms with Crippen LogP contribution in [0.2, 0.25) is 0 Å². The van der Waals surface area contributed by atoms with E-state index in [0.717, 1.165) is 11.1 Å². The number of aryl methyl sites for hydroxylation is 2. The van der Waals surface area contributed by atoms with Crippen LogP contribution in [0.25, 0.3) is 0 Å². The number of hydrogen-bond donors (Lipinski definition) is 0. The van der Waals surface area contributed by atoms with Crippen LogP contribution in [0.3, 0.4) is 0 Å². The minimum atomic E-state index is -0.641. The number of Topliss-reactive ketones (excluding diaryl/α,β-unsaturated/α-hetero) is 1. The normalized spacial score (nSPS) is 10.3. The Labute approximate surface area is 175 Å². The highest BCUT2D eigenvalue weighted by molar-refractivity contribution is 6.09. The van der Waals surface area contributed by atoms with E-state index in [1.165, 1.54) is 0 Å². The average Bonchev–Trinajstić information content (AvgIpc) is 2.76. The predicted octanol–water partition coefficient (Wildman–Crippen LogP) is 4.34. The van der Waals surface area contributed by atoms with Crippen molar-refractivity contribution in [1.29, 1.82) is 0 Å². The Morgan fingerprint density at radius 2 is 1.43 bits per heavy atom. The second kappa shape index (κ2) is 9.65. The summed E-state index contributed by atoms with van der Waals surface area (Å²) in [5, 5.41) is 0. The highest BCUT2D eigenvalue weighted by Crippen LogP contribution is 2.16. The molecule has 0 aromatic heterocycles. The summed E-state index contributed by atoms with van der Waals surface area (Å²) in [5.41, 5.74) is 3.56. The molecule has 0 amide bonds. The quantitative estimate of drug-likeness (QED) is 0.414. The van der Waals surface area contributed by atoms with Gasteiger partial charge in [-0.1, -0.05) is 54.1 Å². The predicted molar refractivity (Wildman–Crippen MR) is 113 cm³/mol. The molecule has 0 spiro atoms. The van der Waals surface area contributed by atoms with Gasteiger partial charge < -0.3 is 9.47 Å². The monoisotopic (exact) mass is 402 g/mol. The van der Waals surface area contributed by atoms with Crippen molar-refractivity contribution in [2.75, 3.05) is 13.2 Å². The SMILES string of the molecule is Cc1ccc(C(=O)COC(=O)COc2ccc(C(=O)c3ccccc3)cc2)c(C)c1. The van der Waals surface area contributed by atoms with Crippen LogP contribution in [0, 0.1) is 13.8 Å². The molecule has 30 heavy (non-hydrogen) atoms. The van der Waals surface area contributed by atoms with E-state index in [0.29, 0.717) is 22.4 Å². The van der Waals surface area contributed by atoms with Crippen LogP contribution in [-0.4, -0.2) is 30.7 Å². The number of ketones is 2. The summed E-state index contributed by atoms with van der Waals surface area (Å²) in [7, 11) is 0. The van der Waals surface area contributed by atoms with Gasteiger partial charge in [-0.15, -0.1) is 0 Å². The molecule has 0 aliphatic carbocycles. The molecule has 0 atom stereocenters. The summed E-state index contributed by atoms with van der Waals surface area (Å²) >= 11 is 0. The lowest BCUT2D eigenvalue weighted by Gasteiger charge is -2.09. The lowest BCUT2D eigenvalue weighted by Crippen LogP contribution is -2.20. The molecule has 0 heterocycles. The lowest BCUT2D eigenvalue weighted by atomic mass is 10.0. The van der Waals surface area contributed by atoms with Crippen molar-refractivity contribution >= 4 is 17.5 Å². The van der Waals surface area contributed by atoms with Gasteiger partial charge in [-0.3, -0.25) is 9.59 Å². The van der Waals surface area contributed by atoms with Gasteiger partial charge in [-0.05, 0) is 43.7 Å². The topological polar surface area (TPSA) is 69.7 Å². The van der Waals surface area contributed by atoms with Gasteiger partial charge in [-0.25, -0.2) is 4.79 Å². The highest BCUT2D eigenvalue weighted by atomic mass is 16.6. The first kappa shape index (κ1) is 21.0. The van der Waals surface area contributed by atoms with E-state index in [1.54, 1.807) is 54.6 Å². The maximum atomic E-state index is 12.4. The van der Waals surface area contributed by atoms with Gasteiger partial charge in [0.25, 0.3) is 0 Å². The number of esters is 1. The van der Waals surface area contributed by atoms with Gasteiger partial charge in [0, 0.05) is 16.7 Å². The molecule has 3 rings (SSSR count). The van der Waals surface area contributed by atoms with Crippen LogP contribution in [0.4, 0.5) is 0 Å². The number of carbonyl (C=O) groups is 3. The first-order valence-corrected chi connectivity index (χ1v) is 9.53. The molecule has 152 valence electrons. The van der Waals surface area contributed by atoms with Crippen molar-refractivity contribution in [3.63, 3.8) is 0 Å². The molecular formula is C25H22O5. The number of hydrogen-bond acceptors (Lipinski definition) is 5. The van der Waals surface area contributed by atoms with Crippen LogP contribution in [0.1, 0.15) is 37.4 Å². The van der Waals surface area contributed by atoms with Gasteiger partial charge in [0.15, 0.2) is 19.0 Å². The molecular weight excluding hydrogens is 380 g/mol. The Balaban J connectivity index is 1.49. The molecule has 5 nitrogen and oxygen atoms in total. The fourth-order valence-corrected chi connectivity index (χ4v) is 2.99. The summed E-state index contributed by atoms with van der Waals surface area (Å²) in [5.74, 6) is -0.564. The number of rotatable bonds is 8. The van der Waals surface area contributed by atoms with Crippen LogP contribution in [0.15, 0.2) is 72.8 Å². The zero-order valence-electron chi connectivity index (χ0n) is 16.9. The molecule has 0 fully saturated rings. The van der Waals surface area contributed by atoms with Crippen molar-refractivity contribution in [1.82, 2.24) is 0 Å². The summed E-state index contributed by atoms with van der Waals surface area (Å²) in [4.78, 5) is 36.5. The zero-order valence-corrected chi connectivity index (χ0v) is 16.9. The van der Waals surface area contributed by atoms with Crippen molar-refractivity contribution in [2.45, 2.75) is 13.8 Å². The van der Waals surface area contributed by atoms with Crippen LogP contribution < -0.4 is 4.74 Å². The van der Waals surface area contributed by atoms with E-state index < -0.39 is 5.97 Å². The fourth-order valence-electron chi connectivity index (χ4n) is 2.99. The van der Waals surface area contributed by atoms with Crippen LogP contribution >= 0.6 is 0 Å². The summed E-state index contributed by atoms with van der Waals surface area (Å²) in [6.45, 7) is 3.13. The van der Waals surface area contributed by atoms with E-state index in [-0.39, 0.29) is 24.8 Å². The van der Waals surface area contributed by atoms with Gasteiger partial charge >= 0.3 is 5.97 Å². The molecule has 0 saturated carbocycles. The number of carbonyl (C=O) groups excluding carboxylic acids is 3. The summed E-state index contributed by atoms with van der Waals surface area (Å²) in [6, 6.07) is 21.0. The molecule has 3 aromatic rings. The Morgan fingerprint density at radius 3 is 2.10 bits per heavy atom. The first-order chi connectivity index (χ1) is 14.4. The molecule has 0 aliphatic rings. The third-order valence-electron chi connectivity index (χ3n) is 4.56. The molecule has 0 radical (unpaired) electrons. The van der Waals surface area contributed by atoms with Crippen LogP contribution in [-0.2, 0) is 9.53 Å². The highest BCUT2D eigenvalue weighted by Gasteiger charge is 2.13. The van der Waals surface area contributed by atoms with Crippen LogP contribution in [0.5, 0.6) is 5.75 Å². The average molecular weight is 402 g/mol. The number of benzene rings is 3. The van der Waals surface area contributed by atoms with Gasteiger partial charge in [0.1, 0.15) is 5.75 Å². The summed E-state index contributed by atoms with van der Waals surface area (Å²) < 4.78 is 10.4. The Bertz CT molecular complexity index is 1050. The van der Waals surface area contributed by atoms with Gasteiger partial charge in [0.05, 0.1) is 0 Å². The van der Waals surface area contributed by atoms with E-state index >= 15 is 0 Å². The molecule has 0 N–H and O–H groups in total. The van der Waals surface area contributed by atoms with Gasteiger partial charge in [0.2, 0.25) is 5.78 Å². The van der Waals surface area contributed by atoms with E-state index in [2.05, 4.69) is 0 Å². The second-order valence-corrected chi connectivity index (χ2v) is 6.91. The standard InChI is InChI=1S/C25H22O5/c1-17-8-13-22(18(2)14-17)23(26)15-30-24(27)16-29-21-11-9-20(10-12-21)25(28)19-6-4-3-5-7-19/h3-14H,15-16H2,1-2H3. The fraction of sp³-hybridized carbons (Fsp3) is 0.160. The minimum absolute atomic E-state index is 0.0912. The van der Waals surface area contributed by atoms with Crippen molar-refractivity contribution < 1.29 is 23.9 Å². The number of ether oxygens (including phenoxy) is 2. The second-order valence-electron chi connectivity index (χ2n) is 6.91. The third kappa shape index (κ3) is 5.41. The zero-order chi connectivity index (χ0) is 21.5. The maximum Gasteiger partial charge on any atom is 0.344 e. The molecule has 3 aromatic carbocycles. The van der Waals surface area contributed by atoms with Crippen molar-refractivity contribution in [3.8, 4) is 5.75 Å². The first-order valence-electron chi connectivity index (χ1n) is 9.53. The van der Waals surface area contributed by atoms with E-state index in [4.69, 9.17) is 9.47 Å². The Morgan fingerprint density at radius 1 is 0.767 bits per heavy atom. The minimum Gasteiger partial charge on any atom is -0.482 e. The summed E-state index contributed by atoms with van der Waals surface area (Å²) in [6.07, 6.45) is 0.